The summed E-state index contributed by atoms with van der Waals surface area (Å²) in [6, 6.07) is 14.5. The molecule has 1 unspecified atom stereocenters. The van der Waals surface area contributed by atoms with Crippen molar-refractivity contribution in [2.24, 2.45) is 5.92 Å². The number of fused-ring (bicyclic) bond motifs is 1. The molecule has 4 atom stereocenters. The number of hydrogen-bond donors (Lipinski definition) is 1. The fourth-order valence-electron chi connectivity index (χ4n) is 7.57. The van der Waals surface area contributed by atoms with Crippen LogP contribution in [-0.4, -0.2) is 40.7 Å². The quantitative estimate of drug-likeness (QED) is 0.449. The third-order valence-corrected chi connectivity index (χ3v) is 9.93. The summed E-state index contributed by atoms with van der Waals surface area (Å²) < 4.78 is 5.94. The molecule has 3 aliphatic carbocycles. The van der Waals surface area contributed by atoms with Gasteiger partial charge in [-0.25, -0.2) is 0 Å². The molecule has 2 aromatic carbocycles. The van der Waals surface area contributed by atoms with E-state index >= 15 is 0 Å². The van der Waals surface area contributed by atoms with Crippen molar-refractivity contribution >= 4 is 5.97 Å². The molecule has 0 aromatic heterocycles. The highest BCUT2D eigenvalue weighted by Gasteiger charge is 2.63. The number of carbonyl (C=O) groups is 1. The molecular weight excluding hydrogens is 434 g/mol. The maximum atomic E-state index is 13.0. The van der Waals surface area contributed by atoms with E-state index in [2.05, 4.69) is 17.0 Å². The average Bonchev–Trinajstić information content (AvgIpc) is 2.82. The second-order valence-electron chi connectivity index (χ2n) is 11.8. The van der Waals surface area contributed by atoms with Gasteiger partial charge in [0.25, 0.3) is 0 Å². The lowest BCUT2D eigenvalue weighted by atomic mass is 9.49. The molecule has 1 saturated heterocycles. The summed E-state index contributed by atoms with van der Waals surface area (Å²) in [5.74, 6) is 0.878. The molecule has 4 nitrogen and oxygen atoms in total. The predicted octanol–water partition coefficient (Wildman–Crippen LogP) is 5.68. The number of carbonyl (C=O) groups excluding carboxylic acids is 1. The number of nitrogens with zero attached hydrogens (tertiary/aromatic N) is 1. The Labute approximate surface area is 209 Å². The van der Waals surface area contributed by atoms with Crippen LogP contribution in [0.1, 0.15) is 86.5 Å². The van der Waals surface area contributed by atoms with Gasteiger partial charge in [-0.1, -0.05) is 55.2 Å². The Morgan fingerprint density at radius 3 is 2.60 bits per heavy atom. The van der Waals surface area contributed by atoms with Gasteiger partial charge in [0.2, 0.25) is 0 Å². The maximum absolute atomic E-state index is 13.0. The van der Waals surface area contributed by atoms with Crippen molar-refractivity contribution in [3.8, 4) is 5.75 Å². The SMILES string of the molecule is Cc1ccc(C(C)C(=O)Oc2ccc3c(c2)[C@@]24CCCC[C@@]2(O)[C@@H](C3)N(CC2CCC2)CC4)cc1. The van der Waals surface area contributed by atoms with Crippen molar-refractivity contribution in [1.82, 2.24) is 4.90 Å². The summed E-state index contributed by atoms with van der Waals surface area (Å²) >= 11 is 0. The van der Waals surface area contributed by atoms with E-state index in [0.717, 1.165) is 63.1 Å². The van der Waals surface area contributed by atoms with Crippen LogP contribution in [0.25, 0.3) is 0 Å². The van der Waals surface area contributed by atoms with E-state index in [-0.39, 0.29) is 23.3 Å². The predicted molar refractivity (Wildman–Crippen MR) is 138 cm³/mol. The first-order valence-corrected chi connectivity index (χ1v) is 13.8. The van der Waals surface area contributed by atoms with Crippen molar-refractivity contribution < 1.29 is 14.6 Å². The number of likely N-dealkylation sites (tertiary alicyclic amines) is 1. The van der Waals surface area contributed by atoms with Gasteiger partial charge in [-0.2, -0.15) is 0 Å². The number of piperidine rings is 1. The molecule has 1 N–H and O–H groups in total. The van der Waals surface area contributed by atoms with Gasteiger partial charge in [0.05, 0.1) is 11.5 Å². The average molecular weight is 474 g/mol. The number of ether oxygens (including phenoxy) is 1. The van der Waals surface area contributed by atoms with Gasteiger partial charge in [0.15, 0.2) is 0 Å². The van der Waals surface area contributed by atoms with Gasteiger partial charge < -0.3 is 9.84 Å². The third kappa shape index (κ3) is 3.76. The maximum Gasteiger partial charge on any atom is 0.318 e. The van der Waals surface area contributed by atoms with Crippen molar-refractivity contribution in [2.45, 2.75) is 94.6 Å². The second-order valence-corrected chi connectivity index (χ2v) is 11.8. The number of aryl methyl sites for hydroxylation is 1. The summed E-state index contributed by atoms with van der Waals surface area (Å²) in [5.41, 5.74) is 3.84. The van der Waals surface area contributed by atoms with Crippen molar-refractivity contribution in [3.63, 3.8) is 0 Å². The summed E-state index contributed by atoms with van der Waals surface area (Å²) in [4.78, 5) is 15.7. The van der Waals surface area contributed by atoms with E-state index in [1.807, 2.05) is 44.2 Å². The highest BCUT2D eigenvalue weighted by atomic mass is 16.5. The van der Waals surface area contributed by atoms with Crippen LogP contribution in [-0.2, 0) is 16.6 Å². The van der Waals surface area contributed by atoms with E-state index in [0.29, 0.717) is 5.75 Å². The summed E-state index contributed by atoms with van der Waals surface area (Å²) in [5, 5.41) is 12.4. The van der Waals surface area contributed by atoms with Crippen LogP contribution in [0, 0.1) is 12.8 Å². The smallest absolute Gasteiger partial charge is 0.318 e. The van der Waals surface area contributed by atoms with Gasteiger partial charge in [0, 0.05) is 18.0 Å². The first-order chi connectivity index (χ1) is 16.9. The van der Waals surface area contributed by atoms with Crippen molar-refractivity contribution in [1.29, 1.82) is 0 Å². The minimum Gasteiger partial charge on any atom is -0.426 e. The van der Waals surface area contributed by atoms with Crippen LogP contribution in [0.15, 0.2) is 42.5 Å². The lowest BCUT2D eigenvalue weighted by molar-refractivity contribution is -0.169. The molecule has 2 aromatic rings. The summed E-state index contributed by atoms with van der Waals surface area (Å²) in [7, 11) is 0. The Hall–Kier alpha value is -2.17. The highest BCUT2D eigenvalue weighted by Crippen LogP contribution is 2.58. The Morgan fingerprint density at radius 2 is 1.86 bits per heavy atom. The minimum atomic E-state index is -0.682. The number of aliphatic hydroxyl groups is 1. The Kier molecular flexibility index (Phi) is 5.80. The first-order valence-electron chi connectivity index (χ1n) is 13.8. The second kappa shape index (κ2) is 8.74. The molecule has 35 heavy (non-hydrogen) atoms. The topological polar surface area (TPSA) is 49.8 Å². The zero-order chi connectivity index (χ0) is 24.2. The van der Waals surface area contributed by atoms with Crippen LogP contribution in [0.4, 0.5) is 0 Å². The number of rotatable bonds is 5. The molecule has 1 aliphatic heterocycles. The van der Waals surface area contributed by atoms with E-state index in [1.165, 1.54) is 36.0 Å². The molecule has 6 rings (SSSR count). The van der Waals surface area contributed by atoms with Gasteiger partial charge >= 0.3 is 5.97 Å². The molecule has 0 radical (unpaired) electrons. The molecule has 0 amide bonds. The standard InChI is InChI=1S/C31H39NO3/c1-21-8-10-24(11-9-21)22(2)29(33)35-26-13-12-25-18-28-31(34)15-4-3-14-30(31,27(25)19-26)16-17-32(28)20-23-6-5-7-23/h8-13,19,22-23,28,34H,3-7,14-18,20H2,1-2H3/t22?,28-,30+,31-/m1/s1. The van der Waals surface area contributed by atoms with E-state index in [4.69, 9.17) is 4.74 Å². The lowest BCUT2D eigenvalue weighted by Crippen LogP contribution is -2.72. The van der Waals surface area contributed by atoms with Crippen LogP contribution in [0.5, 0.6) is 5.75 Å². The van der Waals surface area contributed by atoms with E-state index in [9.17, 15) is 9.90 Å². The van der Waals surface area contributed by atoms with E-state index in [1.54, 1.807) is 0 Å². The molecular formula is C31H39NO3. The zero-order valence-corrected chi connectivity index (χ0v) is 21.3. The number of hydrogen-bond acceptors (Lipinski definition) is 4. The van der Waals surface area contributed by atoms with Crippen molar-refractivity contribution in [3.05, 3.63) is 64.7 Å². The van der Waals surface area contributed by atoms with Gasteiger partial charge in [-0.05, 0) is 93.7 Å². The monoisotopic (exact) mass is 473 g/mol. The zero-order valence-electron chi connectivity index (χ0n) is 21.3. The molecule has 186 valence electrons. The van der Waals surface area contributed by atoms with Gasteiger partial charge in [-0.15, -0.1) is 0 Å². The molecule has 2 bridgehead atoms. The fraction of sp³-hybridized carbons (Fsp3) is 0.581. The lowest BCUT2D eigenvalue weighted by Gasteiger charge is -2.64. The van der Waals surface area contributed by atoms with Crippen LogP contribution in [0.3, 0.4) is 0 Å². The molecule has 0 spiro atoms. The van der Waals surface area contributed by atoms with E-state index < -0.39 is 5.60 Å². The molecule has 4 aliphatic rings. The molecule has 1 heterocycles. The Morgan fingerprint density at radius 1 is 1.09 bits per heavy atom. The summed E-state index contributed by atoms with van der Waals surface area (Å²) in [6.07, 6.45) is 10.1. The third-order valence-electron chi connectivity index (χ3n) is 9.93. The highest BCUT2D eigenvalue weighted by molar-refractivity contribution is 5.80. The largest absolute Gasteiger partial charge is 0.426 e. The first kappa shape index (κ1) is 23.2. The van der Waals surface area contributed by atoms with Gasteiger partial charge in [0.1, 0.15) is 5.75 Å². The van der Waals surface area contributed by atoms with Gasteiger partial charge in [-0.3, -0.25) is 9.69 Å². The fourth-order valence-corrected chi connectivity index (χ4v) is 7.57. The summed E-state index contributed by atoms with van der Waals surface area (Å²) in [6.45, 7) is 6.17. The van der Waals surface area contributed by atoms with Crippen LogP contribution < -0.4 is 4.74 Å². The molecule has 4 heteroatoms. The van der Waals surface area contributed by atoms with Crippen molar-refractivity contribution in [2.75, 3.05) is 13.1 Å². The van der Waals surface area contributed by atoms with Crippen LogP contribution >= 0.6 is 0 Å². The Balaban J connectivity index is 1.29. The molecule has 3 fully saturated rings. The number of esters is 1. The van der Waals surface area contributed by atoms with Crippen LogP contribution in [0.2, 0.25) is 0 Å². The Bertz CT molecular complexity index is 1110. The number of benzene rings is 2. The normalized spacial score (nSPS) is 31.1. The minimum absolute atomic E-state index is 0.208. The molecule has 2 saturated carbocycles.